The number of nitrogens with one attached hydrogen (secondary N) is 2. The standard InChI is InChI=1S/C21H36N6/c1-4-21(9-6-10-21)17-25-20(22-5-2)24-16-18-7-8-19(23-15-18)27-13-11-26(3)12-14-27/h7-8,15H,4-6,9-14,16-17H2,1-3H3,(H2,22,24,25). The van der Waals surface area contributed by atoms with Gasteiger partial charge in [-0.25, -0.2) is 9.98 Å². The molecule has 150 valence electrons. The van der Waals surface area contributed by atoms with Crippen molar-refractivity contribution in [3.63, 3.8) is 0 Å². The molecule has 27 heavy (non-hydrogen) atoms. The molecule has 6 nitrogen and oxygen atoms in total. The molecule has 0 unspecified atom stereocenters. The van der Waals surface area contributed by atoms with Crippen LogP contribution in [0.4, 0.5) is 5.82 Å². The summed E-state index contributed by atoms with van der Waals surface area (Å²) in [4.78, 5) is 14.2. The van der Waals surface area contributed by atoms with E-state index in [2.05, 4.69) is 58.4 Å². The van der Waals surface area contributed by atoms with E-state index in [0.717, 1.165) is 56.6 Å². The third-order valence-corrected chi connectivity index (χ3v) is 6.20. The van der Waals surface area contributed by atoms with E-state index in [0.29, 0.717) is 12.0 Å². The molecule has 1 aromatic rings. The number of piperazine rings is 1. The Labute approximate surface area is 164 Å². The molecule has 0 amide bonds. The average molecular weight is 373 g/mol. The summed E-state index contributed by atoms with van der Waals surface area (Å²) in [7, 11) is 2.18. The first kappa shape index (κ1) is 19.9. The van der Waals surface area contributed by atoms with Crippen molar-refractivity contribution in [2.45, 2.75) is 46.1 Å². The van der Waals surface area contributed by atoms with E-state index in [-0.39, 0.29) is 0 Å². The summed E-state index contributed by atoms with van der Waals surface area (Å²) in [6.07, 6.45) is 7.27. The fraction of sp³-hybridized carbons (Fsp3) is 0.714. The molecule has 2 heterocycles. The van der Waals surface area contributed by atoms with Crippen molar-refractivity contribution in [2.24, 2.45) is 10.4 Å². The number of guanidine groups is 1. The maximum Gasteiger partial charge on any atom is 0.191 e. The Hall–Kier alpha value is -1.82. The highest BCUT2D eigenvalue weighted by Gasteiger charge is 2.34. The number of pyridine rings is 1. The topological polar surface area (TPSA) is 55.8 Å². The quantitative estimate of drug-likeness (QED) is 0.569. The Bertz CT molecular complexity index is 594. The van der Waals surface area contributed by atoms with Crippen molar-refractivity contribution in [3.05, 3.63) is 23.9 Å². The van der Waals surface area contributed by atoms with Gasteiger partial charge in [0, 0.05) is 45.5 Å². The normalized spacial score (nSPS) is 20.3. The molecular formula is C21H36N6. The molecular weight excluding hydrogens is 336 g/mol. The molecule has 1 aliphatic heterocycles. The van der Waals surface area contributed by atoms with Gasteiger partial charge in [-0.15, -0.1) is 0 Å². The van der Waals surface area contributed by atoms with Gasteiger partial charge in [0.2, 0.25) is 0 Å². The zero-order valence-electron chi connectivity index (χ0n) is 17.3. The molecule has 0 aromatic carbocycles. The second-order valence-corrected chi connectivity index (χ2v) is 8.07. The maximum atomic E-state index is 4.77. The summed E-state index contributed by atoms with van der Waals surface area (Å²) in [5.74, 6) is 2.00. The highest BCUT2D eigenvalue weighted by molar-refractivity contribution is 5.79. The Morgan fingerprint density at radius 2 is 1.93 bits per heavy atom. The van der Waals surface area contributed by atoms with Crippen LogP contribution in [-0.4, -0.2) is 62.2 Å². The SMILES string of the molecule is CCNC(=NCc1ccc(N2CCN(C)CC2)nc1)NCC1(CC)CCC1. The second kappa shape index (κ2) is 9.40. The van der Waals surface area contributed by atoms with Crippen molar-refractivity contribution in [3.8, 4) is 0 Å². The highest BCUT2D eigenvalue weighted by atomic mass is 15.3. The first-order chi connectivity index (χ1) is 13.1. The third kappa shape index (κ3) is 5.34. The van der Waals surface area contributed by atoms with E-state index >= 15 is 0 Å². The van der Waals surface area contributed by atoms with E-state index in [4.69, 9.17) is 4.99 Å². The van der Waals surface area contributed by atoms with Gasteiger partial charge in [-0.1, -0.05) is 19.4 Å². The first-order valence-electron chi connectivity index (χ1n) is 10.5. The molecule has 0 atom stereocenters. The summed E-state index contributed by atoms with van der Waals surface area (Å²) < 4.78 is 0. The maximum absolute atomic E-state index is 4.77. The van der Waals surface area contributed by atoms with Gasteiger partial charge in [-0.05, 0) is 50.3 Å². The number of rotatable bonds is 7. The van der Waals surface area contributed by atoms with Crippen LogP contribution in [0.3, 0.4) is 0 Å². The van der Waals surface area contributed by atoms with Gasteiger partial charge >= 0.3 is 0 Å². The Kier molecular flexibility index (Phi) is 6.94. The largest absolute Gasteiger partial charge is 0.357 e. The van der Waals surface area contributed by atoms with Gasteiger partial charge in [-0.3, -0.25) is 0 Å². The number of anilines is 1. The number of aliphatic imine (C=N–C) groups is 1. The van der Waals surface area contributed by atoms with Crippen LogP contribution in [-0.2, 0) is 6.54 Å². The number of hydrogen-bond acceptors (Lipinski definition) is 4. The van der Waals surface area contributed by atoms with Gasteiger partial charge in [0.05, 0.1) is 6.54 Å². The Morgan fingerprint density at radius 3 is 2.48 bits per heavy atom. The van der Waals surface area contributed by atoms with Crippen molar-refractivity contribution in [1.82, 2.24) is 20.5 Å². The fourth-order valence-electron chi connectivity index (χ4n) is 3.85. The number of likely N-dealkylation sites (N-methyl/N-ethyl adjacent to an activating group) is 1. The smallest absolute Gasteiger partial charge is 0.191 e. The number of nitrogens with zero attached hydrogens (tertiary/aromatic N) is 4. The van der Waals surface area contributed by atoms with Gasteiger partial charge in [-0.2, -0.15) is 0 Å². The zero-order valence-corrected chi connectivity index (χ0v) is 17.3. The van der Waals surface area contributed by atoms with Gasteiger partial charge in [0.25, 0.3) is 0 Å². The summed E-state index contributed by atoms with van der Waals surface area (Å²) in [6, 6.07) is 4.30. The molecule has 0 spiro atoms. The molecule has 2 aliphatic rings. The minimum absolute atomic E-state index is 0.488. The lowest BCUT2D eigenvalue weighted by Crippen LogP contribution is -2.46. The molecule has 2 N–H and O–H groups in total. The minimum atomic E-state index is 0.488. The Balaban J connectivity index is 1.54. The predicted octanol–water partition coefficient (Wildman–Crippen LogP) is 2.47. The third-order valence-electron chi connectivity index (χ3n) is 6.20. The van der Waals surface area contributed by atoms with E-state index in [1.54, 1.807) is 0 Å². The van der Waals surface area contributed by atoms with E-state index in [1.165, 1.54) is 25.7 Å². The zero-order chi connectivity index (χ0) is 19.1. The van der Waals surface area contributed by atoms with Crippen molar-refractivity contribution in [2.75, 3.05) is 51.2 Å². The molecule has 1 aliphatic carbocycles. The van der Waals surface area contributed by atoms with Crippen LogP contribution in [0.15, 0.2) is 23.3 Å². The second-order valence-electron chi connectivity index (χ2n) is 8.07. The van der Waals surface area contributed by atoms with Crippen molar-refractivity contribution < 1.29 is 0 Å². The molecule has 1 aromatic heterocycles. The average Bonchev–Trinajstić information content (AvgIpc) is 2.66. The minimum Gasteiger partial charge on any atom is -0.357 e. The lowest BCUT2D eigenvalue weighted by molar-refractivity contribution is 0.131. The number of hydrogen-bond donors (Lipinski definition) is 2. The van der Waals surface area contributed by atoms with Crippen molar-refractivity contribution in [1.29, 1.82) is 0 Å². The Morgan fingerprint density at radius 1 is 1.15 bits per heavy atom. The summed E-state index contributed by atoms with van der Waals surface area (Å²) in [5.41, 5.74) is 1.64. The van der Waals surface area contributed by atoms with Crippen LogP contribution in [0.25, 0.3) is 0 Å². The van der Waals surface area contributed by atoms with Crippen LogP contribution in [0.2, 0.25) is 0 Å². The lowest BCUT2D eigenvalue weighted by atomic mass is 9.67. The van der Waals surface area contributed by atoms with Crippen LogP contribution >= 0.6 is 0 Å². The number of aromatic nitrogens is 1. The van der Waals surface area contributed by atoms with Gasteiger partial charge < -0.3 is 20.4 Å². The molecule has 0 radical (unpaired) electrons. The summed E-state index contributed by atoms with van der Waals surface area (Å²) in [5, 5.41) is 6.93. The fourth-order valence-corrected chi connectivity index (χ4v) is 3.85. The molecule has 3 rings (SSSR count). The summed E-state index contributed by atoms with van der Waals surface area (Å²) in [6.45, 7) is 11.3. The van der Waals surface area contributed by atoms with Crippen LogP contribution in [0.5, 0.6) is 0 Å². The van der Waals surface area contributed by atoms with E-state index < -0.39 is 0 Å². The van der Waals surface area contributed by atoms with Gasteiger partial charge in [0.15, 0.2) is 5.96 Å². The predicted molar refractivity (Wildman–Crippen MR) is 113 cm³/mol. The van der Waals surface area contributed by atoms with Crippen LogP contribution in [0, 0.1) is 5.41 Å². The molecule has 1 saturated heterocycles. The summed E-state index contributed by atoms with van der Waals surface area (Å²) >= 11 is 0. The van der Waals surface area contributed by atoms with E-state index in [9.17, 15) is 0 Å². The lowest BCUT2D eigenvalue weighted by Gasteiger charge is -2.41. The van der Waals surface area contributed by atoms with Crippen LogP contribution in [0.1, 0.15) is 45.1 Å². The van der Waals surface area contributed by atoms with Gasteiger partial charge in [0.1, 0.15) is 5.82 Å². The van der Waals surface area contributed by atoms with Crippen LogP contribution < -0.4 is 15.5 Å². The molecule has 6 heteroatoms. The molecule has 2 fully saturated rings. The highest BCUT2D eigenvalue weighted by Crippen LogP contribution is 2.42. The monoisotopic (exact) mass is 372 g/mol. The first-order valence-corrected chi connectivity index (χ1v) is 10.5. The molecule has 0 bridgehead atoms. The molecule has 1 saturated carbocycles. The van der Waals surface area contributed by atoms with Crippen molar-refractivity contribution >= 4 is 11.8 Å². The van der Waals surface area contributed by atoms with E-state index in [1.807, 2.05) is 6.20 Å².